The predicted octanol–water partition coefficient (Wildman–Crippen LogP) is 1.73. The van der Waals surface area contributed by atoms with Crippen LogP contribution in [0.4, 0.5) is 14.5 Å². The lowest BCUT2D eigenvalue weighted by molar-refractivity contribution is 0.0415. The minimum absolute atomic E-state index is 0.00433. The number of fused-ring (bicyclic) bond motifs is 1. The van der Waals surface area contributed by atoms with Gasteiger partial charge in [0.05, 0.1) is 31.2 Å². The molecule has 0 aliphatic carbocycles. The molecule has 3 atom stereocenters. The van der Waals surface area contributed by atoms with E-state index >= 15 is 0 Å². The first kappa shape index (κ1) is 20.5. The van der Waals surface area contributed by atoms with Gasteiger partial charge in [0.2, 0.25) is 5.96 Å². The number of guanidine groups is 1. The monoisotopic (exact) mass is 435 g/mol. The number of nitrogens with zero attached hydrogens (tertiary/aromatic N) is 2. The Morgan fingerprint density at radius 3 is 2.97 bits per heavy atom. The van der Waals surface area contributed by atoms with Gasteiger partial charge in [0.25, 0.3) is 5.91 Å². The minimum Gasteiger partial charge on any atom is -0.592 e. The van der Waals surface area contributed by atoms with Crippen molar-refractivity contribution in [2.24, 2.45) is 0 Å². The summed E-state index contributed by atoms with van der Waals surface area (Å²) in [6.07, 6.45) is 1.23. The van der Waals surface area contributed by atoms with Gasteiger partial charge in [-0.1, -0.05) is 0 Å². The van der Waals surface area contributed by atoms with E-state index in [-0.39, 0.29) is 23.8 Å². The molecule has 1 amide bonds. The summed E-state index contributed by atoms with van der Waals surface area (Å²) >= 11 is -1.61. The van der Waals surface area contributed by atoms with Crippen LogP contribution in [0.3, 0.4) is 0 Å². The number of nitrogens with one attached hydrogen (secondary N) is 3. The summed E-state index contributed by atoms with van der Waals surface area (Å²) in [5, 5.41) is 13.2. The lowest BCUT2D eigenvalue weighted by Gasteiger charge is -2.49. The van der Waals surface area contributed by atoms with Gasteiger partial charge in [-0.3, -0.25) is 10.2 Å². The molecule has 3 unspecified atom stereocenters. The zero-order chi connectivity index (χ0) is 21.5. The van der Waals surface area contributed by atoms with Gasteiger partial charge in [-0.15, -0.1) is 0 Å². The van der Waals surface area contributed by atoms with Crippen molar-refractivity contribution in [2.45, 2.75) is 17.2 Å². The second-order valence-electron chi connectivity index (χ2n) is 7.04. The molecule has 2 fully saturated rings. The van der Waals surface area contributed by atoms with Gasteiger partial charge in [0.1, 0.15) is 22.9 Å². The number of ether oxygens (including phenoxy) is 1. The van der Waals surface area contributed by atoms with Crippen LogP contribution in [0.2, 0.25) is 0 Å². The molecule has 1 aromatic carbocycles. The predicted molar refractivity (Wildman–Crippen MR) is 106 cm³/mol. The summed E-state index contributed by atoms with van der Waals surface area (Å²) in [6, 6.07) is 6.41. The normalized spacial score (nSPS) is 26.0. The highest BCUT2D eigenvalue weighted by Crippen LogP contribution is 2.41. The van der Waals surface area contributed by atoms with E-state index < -0.39 is 39.7 Å². The third-order valence-electron chi connectivity index (χ3n) is 5.29. The number of hydrogen-bond acceptors (Lipinski definition) is 5. The molecule has 0 radical (unpaired) electrons. The van der Waals surface area contributed by atoms with Gasteiger partial charge in [0, 0.05) is 24.3 Å². The maximum Gasteiger partial charge on any atom is 0.274 e. The number of aromatic nitrogens is 1. The third-order valence-corrected chi connectivity index (χ3v) is 7.04. The number of pyridine rings is 1. The quantitative estimate of drug-likeness (QED) is 0.633. The fourth-order valence-electron chi connectivity index (χ4n) is 3.70. The van der Waals surface area contributed by atoms with E-state index in [1.165, 1.54) is 35.6 Å². The minimum atomic E-state index is -1.61. The number of anilines is 1. The van der Waals surface area contributed by atoms with E-state index in [1.54, 1.807) is 0 Å². The van der Waals surface area contributed by atoms with Gasteiger partial charge in [-0.05, 0) is 30.3 Å². The topological polar surface area (TPSA) is 113 Å². The summed E-state index contributed by atoms with van der Waals surface area (Å²) in [6.45, 7) is 0.431. The van der Waals surface area contributed by atoms with E-state index in [9.17, 15) is 18.1 Å². The first-order valence-corrected chi connectivity index (χ1v) is 10.3. The van der Waals surface area contributed by atoms with Crippen molar-refractivity contribution < 1.29 is 22.9 Å². The SMILES string of the molecule is CN1C(=N)NC2(c3cc(NC(=O)c4ccc(F)cn4)ccc3F)CCOCC2[S+]1[O-]. The Morgan fingerprint density at radius 2 is 2.23 bits per heavy atom. The van der Waals surface area contributed by atoms with Crippen LogP contribution >= 0.6 is 0 Å². The standard InChI is InChI=1S/C19H19F2N5O3S/c1-26-18(22)25-19(6-7-29-10-16(19)30(26)28)13-8-12(3-4-14(13)21)24-17(27)15-5-2-11(20)9-23-15/h2-5,8-9,16H,6-7,10H2,1H3,(H2,22,25)(H,24,27). The number of benzene rings is 1. The Morgan fingerprint density at radius 1 is 1.43 bits per heavy atom. The molecule has 3 heterocycles. The first-order chi connectivity index (χ1) is 14.3. The third kappa shape index (κ3) is 3.48. The fraction of sp³-hybridized carbons (Fsp3) is 0.316. The molecule has 1 aromatic heterocycles. The average molecular weight is 435 g/mol. The molecule has 0 saturated carbocycles. The lowest BCUT2D eigenvalue weighted by Crippen LogP contribution is -2.70. The zero-order valence-corrected chi connectivity index (χ0v) is 16.8. The molecule has 3 N–H and O–H groups in total. The number of carbonyl (C=O) groups is 1. The van der Waals surface area contributed by atoms with E-state index in [0.29, 0.717) is 18.7 Å². The van der Waals surface area contributed by atoms with Crippen LogP contribution in [0.5, 0.6) is 0 Å². The van der Waals surface area contributed by atoms with E-state index in [4.69, 9.17) is 10.1 Å². The van der Waals surface area contributed by atoms with Crippen molar-refractivity contribution in [3.63, 3.8) is 0 Å². The summed E-state index contributed by atoms with van der Waals surface area (Å²) < 4.78 is 47.6. The Hall–Kier alpha value is -2.76. The molecule has 2 saturated heterocycles. The molecule has 4 rings (SSSR count). The van der Waals surface area contributed by atoms with Crippen molar-refractivity contribution in [1.82, 2.24) is 14.6 Å². The zero-order valence-electron chi connectivity index (χ0n) is 15.9. The maximum atomic E-state index is 14.9. The summed E-state index contributed by atoms with van der Waals surface area (Å²) in [4.78, 5) is 16.1. The van der Waals surface area contributed by atoms with Gasteiger partial charge < -0.3 is 19.9 Å². The molecular formula is C19H19F2N5O3S. The van der Waals surface area contributed by atoms with Gasteiger partial charge in [-0.2, -0.15) is 4.31 Å². The van der Waals surface area contributed by atoms with Crippen molar-refractivity contribution in [3.8, 4) is 0 Å². The van der Waals surface area contributed by atoms with Crippen LogP contribution in [-0.4, -0.2) is 51.2 Å². The Kier molecular flexibility index (Phi) is 5.35. The molecule has 2 aliphatic heterocycles. The number of halogens is 2. The first-order valence-electron chi connectivity index (χ1n) is 9.13. The van der Waals surface area contributed by atoms with Crippen LogP contribution in [0, 0.1) is 17.0 Å². The highest BCUT2D eigenvalue weighted by atomic mass is 32.2. The number of carbonyl (C=O) groups excluding carboxylic acids is 1. The molecule has 8 nitrogen and oxygen atoms in total. The van der Waals surface area contributed by atoms with Crippen LogP contribution < -0.4 is 10.6 Å². The number of hydrogen-bond donors (Lipinski definition) is 3. The Labute approximate surface area is 174 Å². The van der Waals surface area contributed by atoms with E-state index in [1.807, 2.05) is 0 Å². The van der Waals surface area contributed by atoms with E-state index in [2.05, 4.69) is 15.6 Å². The van der Waals surface area contributed by atoms with E-state index in [0.717, 1.165) is 12.3 Å². The molecule has 158 valence electrons. The molecule has 0 bridgehead atoms. The molecule has 2 aliphatic rings. The highest BCUT2D eigenvalue weighted by Gasteiger charge is 2.57. The summed E-state index contributed by atoms with van der Waals surface area (Å²) in [5.41, 5.74) is -0.636. The highest BCUT2D eigenvalue weighted by molar-refractivity contribution is 7.90. The average Bonchev–Trinajstić information content (AvgIpc) is 2.74. The largest absolute Gasteiger partial charge is 0.592 e. The van der Waals surface area contributed by atoms with Crippen LogP contribution in [0.1, 0.15) is 22.5 Å². The Balaban J connectivity index is 1.69. The molecule has 30 heavy (non-hydrogen) atoms. The number of rotatable bonds is 3. The maximum absolute atomic E-state index is 14.9. The second-order valence-corrected chi connectivity index (χ2v) is 8.71. The van der Waals surface area contributed by atoms with Crippen LogP contribution in [-0.2, 0) is 21.6 Å². The Bertz CT molecular complexity index is 993. The molecule has 11 heteroatoms. The fourth-order valence-corrected chi connectivity index (χ4v) is 5.16. The van der Waals surface area contributed by atoms with Gasteiger partial charge in [-0.25, -0.2) is 13.8 Å². The van der Waals surface area contributed by atoms with Gasteiger partial charge >= 0.3 is 0 Å². The van der Waals surface area contributed by atoms with Crippen molar-refractivity contribution in [2.75, 3.05) is 25.6 Å². The van der Waals surface area contributed by atoms with Crippen molar-refractivity contribution in [3.05, 3.63) is 59.4 Å². The summed E-state index contributed by atoms with van der Waals surface area (Å²) in [7, 11) is 1.52. The summed E-state index contributed by atoms with van der Waals surface area (Å²) in [5.74, 6) is -1.79. The van der Waals surface area contributed by atoms with Gasteiger partial charge in [0.15, 0.2) is 5.25 Å². The molecule has 0 spiro atoms. The lowest BCUT2D eigenvalue weighted by atomic mass is 9.81. The molecule has 2 aromatic rings. The van der Waals surface area contributed by atoms with Crippen LogP contribution in [0.25, 0.3) is 0 Å². The smallest absolute Gasteiger partial charge is 0.274 e. The van der Waals surface area contributed by atoms with Crippen molar-refractivity contribution in [1.29, 1.82) is 5.41 Å². The second kappa shape index (κ2) is 7.82. The van der Waals surface area contributed by atoms with Crippen molar-refractivity contribution >= 4 is 28.9 Å². The van der Waals surface area contributed by atoms with Crippen LogP contribution in [0.15, 0.2) is 36.5 Å². The molecular weight excluding hydrogens is 416 g/mol. The number of amides is 1.